The molecule has 0 aromatic heterocycles. The second-order valence-corrected chi connectivity index (χ2v) is 6.92. The van der Waals surface area contributed by atoms with Crippen molar-refractivity contribution in [2.24, 2.45) is 0 Å². The van der Waals surface area contributed by atoms with Gasteiger partial charge in [0.2, 0.25) is 10.0 Å². The SMILES string of the molecule is CCCc1ccc(Cl)c(S(=O)(=O)NC2CCNC2)c1. The number of hydrogen-bond donors (Lipinski definition) is 2. The first-order valence-electron chi connectivity index (χ1n) is 6.54. The Morgan fingerprint density at radius 2 is 2.26 bits per heavy atom. The summed E-state index contributed by atoms with van der Waals surface area (Å²) in [5, 5.41) is 3.41. The molecule has 1 aromatic carbocycles. The van der Waals surface area contributed by atoms with Gasteiger partial charge in [0.05, 0.1) is 5.02 Å². The van der Waals surface area contributed by atoms with Gasteiger partial charge in [0.15, 0.2) is 0 Å². The molecule has 0 amide bonds. The van der Waals surface area contributed by atoms with Gasteiger partial charge in [-0.15, -0.1) is 0 Å². The first-order chi connectivity index (χ1) is 9.03. The van der Waals surface area contributed by atoms with Gasteiger partial charge >= 0.3 is 0 Å². The average molecular weight is 303 g/mol. The molecule has 0 spiro atoms. The van der Waals surface area contributed by atoms with Crippen LogP contribution in [0.2, 0.25) is 5.02 Å². The first-order valence-corrected chi connectivity index (χ1v) is 8.40. The van der Waals surface area contributed by atoms with Crippen LogP contribution in [0.5, 0.6) is 0 Å². The molecular weight excluding hydrogens is 284 g/mol. The van der Waals surface area contributed by atoms with Crippen molar-refractivity contribution < 1.29 is 8.42 Å². The molecule has 0 aliphatic carbocycles. The number of hydrogen-bond acceptors (Lipinski definition) is 3. The van der Waals surface area contributed by atoms with Crippen LogP contribution in [0.3, 0.4) is 0 Å². The van der Waals surface area contributed by atoms with Gasteiger partial charge in [-0.1, -0.05) is 31.0 Å². The number of benzene rings is 1. The van der Waals surface area contributed by atoms with E-state index in [2.05, 4.69) is 17.0 Å². The van der Waals surface area contributed by atoms with Gasteiger partial charge in [-0.3, -0.25) is 0 Å². The molecule has 106 valence electrons. The van der Waals surface area contributed by atoms with Crippen LogP contribution in [-0.4, -0.2) is 27.5 Å². The van der Waals surface area contributed by atoms with E-state index in [9.17, 15) is 8.42 Å². The molecule has 1 aliphatic heterocycles. The van der Waals surface area contributed by atoms with Crippen LogP contribution >= 0.6 is 11.6 Å². The zero-order valence-corrected chi connectivity index (χ0v) is 12.5. The van der Waals surface area contributed by atoms with E-state index in [1.165, 1.54) is 0 Å². The van der Waals surface area contributed by atoms with Gasteiger partial charge in [0, 0.05) is 12.6 Å². The molecule has 2 N–H and O–H groups in total. The van der Waals surface area contributed by atoms with Crippen molar-refractivity contribution in [2.75, 3.05) is 13.1 Å². The van der Waals surface area contributed by atoms with Crippen molar-refractivity contribution in [1.82, 2.24) is 10.0 Å². The van der Waals surface area contributed by atoms with Crippen LogP contribution in [0, 0.1) is 0 Å². The highest BCUT2D eigenvalue weighted by molar-refractivity contribution is 7.89. The lowest BCUT2D eigenvalue weighted by Gasteiger charge is -2.14. The Kier molecular flexibility index (Phi) is 4.84. The highest BCUT2D eigenvalue weighted by Gasteiger charge is 2.24. The Hall–Kier alpha value is -0.620. The Balaban J connectivity index is 2.25. The second-order valence-electron chi connectivity index (χ2n) is 4.83. The highest BCUT2D eigenvalue weighted by Crippen LogP contribution is 2.23. The third-order valence-electron chi connectivity index (χ3n) is 3.21. The summed E-state index contributed by atoms with van der Waals surface area (Å²) in [7, 11) is -3.54. The third-order valence-corrected chi connectivity index (χ3v) is 5.21. The molecule has 1 fully saturated rings. The zero-order valence-electron chi connectivity index (χ0n) is 10.9. The van der Waals surface area contributed by atoms with Crippen molar-refractivity contribution in [3.05, 3.63) is 28.8 Å². The van der Waals surface area contributed by atoms with Crippen molar-refractivity contribution in [3.8, 4) is 0 Å². The highest BCUT2D eigenvalue weighted by atomic mass is 35.5. The second kappa shape index (κ2) is 6.22. The van der Waals surface area contributed by atoms with E-state index in [4.69, 9.17) is 11.6 Å². The lowest BCUT2D eigenvalue weighted by atomic mass is 10.1. The van der Waals surface area contributed by atoms with E-state index >= 15 is 0 Å². The van der Waals surface area contributed by atoms with Crippen LogP contribution in [-0.2, 0) is 16.4 Å². The first kappa shape index (κ1) is 14.8. The molecule has 4 nitrogen and oxygen atoms in total. The molecule has 1 unspecified atom stereocenters. The molecule has 1 atom stereocenters. The molecule has 1 heterocycles. The molecular formula is C13H19ClN2O2S. The standard InChI is InChI=1S/C13H19ClN2O2S/c1-2-3-10-4-5-12(14)13(8-10)19(17,18)16-11-6-7-15-9-11/h4-5,8,11,15-16H,2-3,6-7,9H2,1H3. The van der Waals surface area contributed by atoms with E-state index in [0.717, 1.165) is 31.4 Å². The summed E-state index contributed by atoms with van der Waals surface area (Å²) in [6.07, 6.45) is 2.64. The molecule has 0 saturated carbocycles. The number of nitrogens with one attached hydrogen (secondary N) is 2. The minimum Gasteiger partial charge on any atom is -0.315 e. The fourth-order valence-electron chi connectivity index (χ4n) is 2.24. The molecule has 1 aromatic rings. The fraction of sp³-hybridized carbons (Fsp3) is 0.538. The van der Waals surface area contributed by atoms with E-state index in [0.29, 0.717) is 6.54 Å². The maximum atomic E-state index is 12.3. The Labute approximate surface area is 119 Å². The van der Waals surface area contributed by atoms with E-state index in [1.807, 2.05) is 6.07 Å². The third kappa shape index (κ3) is 3.69. The van der Waals surface area contributed by atoms with Gasteiger partial charge in [0.1, 0.15) is 4.90 Å². The van der Waals surface area contributed by atoms with E-state index < -0.39 is 10.0 Å². The Morgan fingerprint density at radius 1 is 1.47 bits per heavy atom. The number of rotatable bonds is 5. The number of aryl methyl sites for hydroxylation is 1. The van der Waals surface area contributed by atoms with Gasteiger partial charge in [-0.05, 0) is 37.1 Å². The summed E-state index contributed by atoms with van der Waals surface area (Å²) in [4.78, 5) is 0.187. The average Bonchev–Trinajstić information content (AvgIpc) is 2.84. The zero-order chi connectivity index (χ0) is 13.9. The summed E-state index contributed by atoms with van der Waals surface area (Å²) in [5.41, 5.74) is 0.997. The van der Waals surface area contributed by atoms with Crippen LogP contribution in [0.25, 0.3) is 0 Å². The molecule has 0 radical (unpaired) electrons. The summed E-state index contributed by atoms with van der Waals surface area (Å²) in [6, 6.07) is 5.17. The van der Waals surface area contributed by atoms with Crippen molar-refractivity contribution in [2.45, 2.75) is 37.1 Å². The van der Waals surface area contributed by atoms with E-state index in [-0.39, 0.29) is 16.0 Å². The number of sulfonamides is 1. The van der Waals surface area contributed by atoms with Crippen molar-refractivity contribution >= 4 is 21.6 Å². The lowest BCUT2D eigenvalue weighted by molar-refractivity contribution is 0.560. The summed E-state index contributed by atoms with van der Waals surface area (Å²) in [6.45, 7) is 3.58. The predicted molar refractivity (Wildman–Crippen MR) is 77.0 cm³/mol. The van der Waals surface area contributed by atoms with Gasteiger partial charge < -0.3 is 5.32 Å². The van der Waals surface area contributed by atoms with Crippen LogP contribution < -0.4 is 10.0 Å². The fourth-order valence-corrected chi connectivity index (χ4v) is 4.06. The Bertz CT molecular complexity index is 540. The van der Waals surface area contributed by atoms with Crippen LogP contribution in [0.15, 0.2) is 23.1 Å². The smallest absolute Gasteiger partial charge is 0.242 e. The minimum absolute atomic E-state index is 0.0455. The van der Waals surface area contributed by atoms with Crippen molar-refractivity contribution in [1.29, 1.82) is 0 Å². The maximum Gasteiger partial charge on any atom is 0.242 e. The van der Waals surface area contributed by atoms with Gasteiger partial charge in [-0.25, -0.2) is 13.1 Å². The summed E-state index contributed by atoms with van der Waals surface area (Å²) >= 11 is 6.03. The molecule has 19 heavy (non-hydrogen) atoms. The van der Waals surface area contributed by atoms with Crippen molar-refractivity contribution in [3.63, 3.8) is 0 Å². The van der Waals surface area contributed by atoms with Crippen LogP contribution in [0.1, 0.15) is 25.3 Å². The molecule has 6 heteroatoms. The lowest BCUT2D eigenvalue weighted by Crippen LogP contribution is -2.36. The van der Waals surface area contributed by atoms with E-state index in [1.54, 1.807) is 12.1 Å². The molecule has 0 bridgehead atoms. The predicted octanol–water partition coefficient (Wildman–Crippen LogP) is 1.93. The molecule has 2 rings (SSSR count). The topological polar surface area (TPSA) is 58.2 Å². The number of halogens is 1. The largest absolute Gasteiger partial charge is 0.315 e. The minimum atomic E-state index is -3.54. The molecule has 1 aliphatic rings. The quantitative estimate of drug-likeness (QED) is 0.874. The summed E-state index contributed by atoms with van der Waals surface area (Å²) < 4.78 is 27.4. The van der Waals surface area contributed by atoms with Crippen LogP contribution in [0.4, 0.5) is 0 Å². The summed E-state index contributed by atoms with van der Waals surface area (Å²) in [5.74, 6) is 0. The van der Waals surface area contributed by atoms with Gasteiger partial charge in [-0.2, -0.15) is 0 Å². The monoisotopic (exact) mass is 302 g/mol. The maximum absolute atomic E-state index is 12.3. The normalized spacial score (nSPS) is 19.8. The Morgan fingerprint density at radius 3 is 2.89 bits per heavy atom. The molecule has 1 saturated heterocycles. The van der Waals surface area contributed by atoms with Gasteiger partial charge in [0.25, 0.3) is 0 Å².